The maximum Gasteiger partial charge on any atom is 0.328 e. The van der Waals surface area contributed by atoms with Crippen LogP contribution >= 0.6 is 0 Å². The van der Waals surface area contributed by atoms with Crippen LogP contribution < -0.4 is 5.32 Å². The molecule has 0 aromatic heterocycles. The van der Waals surface area contributed by atoms with Crippen LogP contribution in [0, 0.1) is 5.92 Å². The minimum Gasteiger partial charge on any atom is -0.480 e. The Labute approximate surface area is 104 Å². The Morgan fingerprint density at radius 1 is 1.44 bits per heavy atom. The Morgan fingerprint density at radius 2 is 2.22 bits per heavy atom. The maximum atomic E-state index is 12.2. The fourth-order valence-corrected chi connectivity index (χ4v) is 2.26. The van der Waals surface area contributed by atoms with Gasteiger partial charge in [0.1, 0.15) is 12.6 Å². The lowest BCUT2D eigenvalue weighted by molar-refractivity contribution is -0.157. The smallest absolute Gasteiger partial charge is 0.328 e. The highest BCUT2D eigenvalue weighted by molar-refractivity contribution is 5.92. The van der Waals surface area contributed by atoms with Gasteiger partial charge < -0.3 is 20.1 Å². The number of nitrogens with zero attached hydrogens (tertiary/aromatic N) is 1. The quantitative estimate of drug-likeness (QED) is 0.648. The van der Waals surface area contributed by atoms with Gasteiger partial charge in [0.25, 0.3) is 0 Å². The molecule has 0 aliphatic carbocycles. The second-order valence-corrected chi connectivity index (χ2v) is 4.54. The fourth-order valence-electron chi connectivity index (χ4n) is 2.26. The van der Waals surface area contributed by atoms with Gasteiger partial charge in [-0.05, 0) is 12.8 Å². The Morgan fingerprint density at radius 3 is 2.83 bits per heavy atom. The van der Waals surface area contributed by atoms with Crippen LogP contribution in [0.5, 0.6) is 0 Å². The molecule has 2 saturated heterocycles. The van der Waals surface area contributed by atoms with E-state index in [0.29, 0.717) is 19.6 Å². The number of carbonyl (C=O) groups is 3. The van der Waals surface area contributed by atoms with Crippen molar-refractivity contribution in [2.45, 2.75) is 18.9 Å². The summed E-state index contributed by atoms with van der Waals surface area (Å²) in [5, 5.41) is 11.5. The van der Waals surface area contributed by atoms with Gasteiger partial charge in [0.15, 0.2) is 0 Å². The number of carboxylic acid groups (broad SMARTS) is 1. The van der Waals surface area contributed by atoms with E-state index in [-0.39, 0.29) is 30.8 Å². The van der Waals surface area contributed by atoms with E-state index in [1.54, 1.807) is 0 Å². The molecule has 0 aromatic rings. The summed E-state index contributed by atoms with van der Waals surface area (Å²) in [6, 6.07) is -0.975. The number of hydrogen-bond acceptors (Lipinski definition) is 4. The number of carboxylic acids is 1. The lowest BCUT2D eigenvalue weighted by Crippen LogP contribution is -2.60. The molecule has 2 aliphatic heterocycles. The van der Waals surface area contributed by atoms with E-state index in [1.165, 1.54) is 0 Å². The zero-order valence-electron chi connectivity index (χ0n) is 9.92. The Balaban J connectivity index is 2.08. The van der Waals surface area contributed by atoms with Crippen LogP contribution in [0.1, 0.15) is 12.8 Å². The molecule has 2 rings (SSSR count). The molecule has 2 unspecified atom stereocenters. The summed E-state index contributed by atoms with van der Waals surface area (Å²) in [5.41, 5.74) is 0. The summed E-state index contributed by atoms with van der Waals surface area (Å²) in [5.74, 6) is -2.04. The zero-order valence-corrected chi connectivity index (χ0v) is 9.92. The van der Waals surface area contributed by atoms with Gasteiger partial charge in [0.05, 0.1) is 12.5 Å². The number of nitrogens with one attached hydrogen (secondary N) is 1. The Bertz CT molecular complexity index is 364. The normalized spacial score (nSPS) is 28.7. The molecule has 0 radical (unpaired) electrons. The molecule has 0 spiro atoms. The predicted molar refractivity (Wildman–Crippen MR) is 59.7 cm³/mol. The number of aliphatic carboxylic acids is 1. The molecule has 2 fully saturated rings. The molecule has 7 heteroatoms. The first kappa shape index (κ1) is 12.8. The van der Waals surface area contributed by atoms with Crippen LogP contribution in [0.15, 0.2) is 0 Å². The van der Waals surface area contributed by atoms with Gasteiger partial charge in [0.2, 0.25) is 11.8 Å². The molecule has 2 aliphatic rings. The van der Waals surface area contributed by atoms with E-state index >= 15 is 0 Å². The summed E-state index contributed by atoms with van der Waals surface area (Å²) in [6.45, 7) is 0.718. The highest BCUT2D eigenvalue weighted by Gasteiger charge is 2.38. The van der Waals surface area contributed by atoms with E-state index in [1.807, 2.05) is 0 Å². The van der Waals surface area contributed by atoms with Gasteiger partial charge in [0, 0.05) is 13.2 Å². The molecule has 18 heavy (non-hydrogen) atoms. The lowest BCUT2D eigenvalue weighted by Gasteiger charge is -2.35. The molecule has 2 atom stereocenters. The molecule has 0 aromatic carbocycles. The molecule has 100 valence electrons. The van der Waals surface area contributed by atoms with Gasteiger partial charge in [-0.15, -0.1) is 0 Å². The zero-order chi connectivity index (χ0) is 13.1. The van der Waals surface area contributed by atoms with Crippen molar-refractivity contribution in [2.75, 3.05) is 26.3 Å². The first-order valence-electron chi connectivity index (χ1n) is 5.97. The number of amides is 2. The molecule has 7 nitrogen and oxygen atoms in total. The third-order valence-corrected chi connectivity index (χ3v) is 3.26. The van der Waals surface area contributed by atoms with Crippen molar-refractivity contribution in [3.8, 4) is 0 Å². The number of piperazine rings is 1. The largest absolute Gasteiger partial charge is 0.480 e. The van der Waals surface area contributed by atoms with E-state index in [9.17, 15) is 14.4 Å². The summed E-state index contributed by atoms with van der Waals surface area (Å²) < 4.78 is 5.22. The summed E-state index contributed by atoms with van der Waals surface area (Å²) in [6.07, 6.45) is 1.47. The van der Waals surface area contributed by atoms with Crippen molar-refractivity contribution in [1.82, 2.24) is 10.2 Å². The second kappa shape index (κ2) is 5.34. The van der Waals surface area contributed by atoms with Crippen molar-refractivity contribution in [2.24, 2.45) is 5.92 Å². The van der Waals surface area contributed by atoms with E-state index in [2.05, 4.69) is 5.32 Å². The summed E-state index contributed by atoms with van der Waals surface area (Å²) in [4.78, 5) is 35.8. The SMILES string of the molecule is O=C1CN(C(=O)C2CCCOC2)C(C(=O)O)CN1. The minimum absolute atomic E-state index is 0.0342. The van der Waals surface area contributed by atoms with Crippen molar-refractivity contribution in [3.63, 3.8) is 0 Å². The molecule has 0 saturated carbocycles. The van der Waals surface area contributed by atoms with E-state index < -0.39 is 12.0 Å². The molecule has 2 amide bonds. The molecular formula is C11H16N2O5. The average molecular weight is 256 g/mol. The van der Waals surface area contributed by atoms with Crippen molar-refractivity contribution in [1.29, 1.82) is 0 Å². The van der Waals surface area contributed by atoms with Crippen molar-refractivity contribution >= 4 is 17.8 Å². The average Bonchev–Trinajstić information content (AvgIpc) is 2.38. The fraction of sp³-hybridized carbons (Fsp3) is 0.727. The molecular weight excluding hydrogens is 240 g/mol. The Hall–Kier alpha value is -1.63. The van der Waals surface area contributed by atoms with Crippen LogP contribution in [0.3, 0.4) is 0 Å². The summed E-state index contributed by atoms with van der Waals surface area (Å²) >= 11 is 0. The van der Waals surface area contributed by atoms with Gasteiger partial charge in [-0.25, -0.2) is 4.79 Å². The van der Waals surface area contributed by atoms with Crippen LogP contribution in [-0.2, 0) is 19.1 Å². The van der Waals surface area contributed by atoms with Crippen LogP contribution in [0.25, 0.3) is 0 Å². The van der Waals surface area contributed by atoms with Crippen LogP contribution in [0.4, 0.5) is 0 Å². The number of carbonyl (C=O) groups excluding carboxylic acids is 2. The van der Waals surface area contributed by atoms with E-state index in [4.69, 9.17) is 9.84 Å². The monoisotopic (exact) mass is 256 g/mol. The molecule has 2 heterocycles. The van der Waals surface area contributed by atoms with E-state index in [0.717, 1.165) is 11.3 Å². The molecule has 0 bridgehead atoms. The number of hydrogen-bond donors (Lipinski definition) is 2. The van der Waals surface area contributed by atoms with Gasteiger partial charge in [-0.1, -0.05) is 0 Å². The van der Waals surface area contributed by atoms with Gasteiger partial charge in [-0.2, -0.15) is 0 Å². The Kier molecular flexibility index (Phi) is 3.81. The second-order valence-electron chi connectivity index (χ2n) is 4.54. The predicted octanol–water partition coefficient (Wildman–Crippen LogP) is -1.18. The van der Waals surface area contributed by atoms with Crippen molar-refractivity contribution in [3.05, 3.63) is 0 Å². The molecule has 2 N–H and O–H groups in total. The standard InChI is InChI=1S/C11H16N2O5/c14-9-5-13(8(4-12-9)11(16)17)10(15)7-2-1-3-18-6-7/h7-8H,1-6H2,(H,12,14)(H,16,17). The maximum absolute atomic E-state index is 12.2. The first-order chi connectivity index (χ1) is 8.59. The number of rotatable bonds is 2. The van der Waals surface area contributed by atoms with Gasteiger partial charge in [-0.3, -0.25) is 9.59 Å². The highest BCUT2D eigenvalue weighted by Crippen LogP contribution is 2.18. The number of ether oxygens (including phenoxy) is 1. The topological polar surface area (TPSA) is 95.9 Å². The third kappa shape index (κ3) is 2.61. The minimum atomic E-state index is -1.10. The summed E-state index contributed by atoms with van der Waals surface area (Å²) in [7, 11) is 0. The first-order valence-corrected chi connectivity index (χ1v) is 5.97. The van der Waals surface area contributed by atoms with Crippen LogP contribution in [-0.4, -0.2) is 60.1 Å². The van der Waals surface area contributed by atoms with Gasteiger partial charge >= 0.3 is 5.97 Å². The van der Waals surface area contributed by atoms with Crippen molar-refractivity contribution < 1.29 is 24.2 Å². The highest BCUT2D eigenvalue weighted by atomic mass is 16.5. The van der Waals surface area contributed by atoms with Crippen LogP contribution in [0.2, 0.25) is 0 Å². The lowest BCUT2D eigenvalue weighted by atomic mass is 9.99. The third-order valence-electron chi connectivity index (χ3n) is 3.26.